The number of fused-ring (bicyclic) bond motifs is 2. The van der Waals surface area contributed by atoms with Crippen molar-refractivity contribution in [2.24, 2.45) is 11.1 Å². The maximum atomic E-state index is 10.8. The molecule has 5 rings (SSSR count). The number of halogens is 1. The molecule has 34 heavy (non-hydrogen) atoms. The van der Waals surface area contributed by atoms with Crippen LogP contribution in [0.15, 0.2) is 47.6 Å². The molecule has 8 nitrogen and oxygen atoms in total. The molecule has 2 aromatic carbocycles. The van der Waals surface area contributed by atoms with Gasteiger partial charge in [0.1, 0.15) is 31.0 Å². The van der Waals surface area contributed by atoms with E-state index in [1.165, 1.54) is 12.7 Å². The molecular weight excluding hydrogens is 462 g/mol. The smallest absolute Gasteiger partial charge is 0.225 e. The van der Waals surface area contributed by atoms with Gasteiger partial charge >= 0.3 is 0 Å². The third-order valence-corrected chi connectivity index (χ3v) is 7.55. The molecule has 3 fully saturated rings. The lowest BCUT2D eigenvalue weighted by Crippen LogP contribution is -2.65. The normalized spacial score (nSPS) is 36.7. The number of ether oxygens (including phenoxy) is 2. The molecule has 9 heteroatoms. The van der Waals surface area contributed by atoms with Crippen molar-refractivity contribution in [1.29, 1.82) is 0 Å². The van der Waals surface area contributed by atoms with Gasteiger partial charge in [0.2, 0.25) is 5.79 Å². The number of benzene rings is 2. The maximum Gasteiger partial charge on any atom is 0.225 e. The first-order valence-corrected chi connectivity index (χ1v) is 11.6. The molecule has 2 aliphatic heterocycles. The fraction of sp³-hybridized carbons (Fsp3) is 0.480. The van der Waals surface area contributed by atoms with Gasteiger partial charge in [-0.15, -0.1) is 0 Å². The highest BCUT2D eigenvalue weighted by Gasteiger charge is 2.67. The van der Waals surface area contributed by atoms with Gasteiger partial charge in [0.05, 0.1) is 13.2 Å². The van der Waals surface area contributed by atoms with Gasteiger partial charge in [-0.2, -0.15) is 0 Å². The second-order valence-electron chi connectivity index (χ2n) is 9.33. The van der Waals surface area contributed by atoms with Crippen LogP contribution in [0.5, 0.6) is 0 Å². The number of aliphatic hydroxyl groups is 4. The van der Waals surface area contributed by atoms with Gasteiger partial charge in [-0.3, -0.25) is 0 Å². The Bertz CT molecular complexity index is 1080. The van der Waals surface area contributed by atoms with Gasteiger partial charge in [-0.25, -0.2) is 0 Å². The predicted octanol–water partition coefficient (Wildman–Crippen LogP) is 1.69. The van der Waals surface area contributed by atoms with Crippen LogP contribution >= 0.6 is 11.6 Å². The molecule has 2 bridgehead atoms. The van der Waals surface area contributed by atoms with Gasteiger partial charge in [-0.1, -0.05) is 47.1 Å². The van der Waals surface area contributed by atoms with Crippen LogP contribution in [-0.4, -0.2) is 70.9 Å². The molecule has 182 valence electrons. The van der Waals surface area contributed by atoms with Crippen LogP contribution in [0.4, 0.5) is 0 Å². The lowest BCUT2D eigenvalue weighted by molar-refractivity contribution is -0.329. The fourth-order valence-corrected chi connectivity index (χ4v) is 5.19. The van der Waals surface area contributed by atoms with Crippen molar-refractivity contribution in [3.05, 3.63) is 69.7 Å². The summed E-state index contributed by atoms with van der Waals surface area (Å²) in [5, 5.41) is 45.8. The van der Waals surface area contributed by atoms with E-state index in [0.717, 1.165) is 17.5 Å². The topological polar surface area (TPSA) is 121 Å². The van der Waals surface area contributed by atoms with Crippen molar-refractivity contribution in [1.82, 2.24) is 0 Å². The Labute approximate surface area is 202 Å². The summed E-state index contributed by atoms with van der Waals surface area (Å²) in [6.07, 6.45) is -1.14. The Kier molecular flexibility index (Phi) is 6.18. The van der Waals surface area contributed by atoms with E-state index in [4.69, 9.17) is 25.9 Å². The molecular formula is C25H28ClNO7. The fourth-order valence-electron chi connectivity index (χ4n) is 5.01. The average Bonchev–Trinajstić information content (AvgIpc) is 3.53. The molecule has 0 aromatic heterocycles. The second-order valence-corrected chi connectivity index (χ2v) is 9.74. The van der Waals surface area contributed by atoms with Crippen molar-refractivity contribution < 1.29 is 34.7 Å². The SMILES string of the molecule is CO/N=C/C1CC1c1ccc(Cc2cc([C@@]34OC[C@](CO)(O3)[C@H](O)[C@H](O)[C@H]4O)ccc2Cl)cc1. The van der Waals surface area contributed by atoms with E-state index in [2.05, 4.69) is 29.4 Å². The van der Waals surface area contributed by atoms with Crippen molar-refractivity contribution in [3.63, 3.8) is 0 Å². The third-order valence-electron chi connectivity index (χ3n) is 7.18. The second kappa shape index (κ2) is 8.87. The Morgan fingerprint density at radius 2 is 1.91 bits per heavy atom. The average molecular weight is 490 g/mol. The lowest BCUT2D eigenvalue weighted by atomic mass is 9.83. The highest BCUT2D eigenvalue weighted by molar-refractivity contribution is 6.31. The monoisotopic (exact) mass is 489 g/mol. The largest absolute Gasteiger partial charge is 0.399 e. The molecule has 0 radical (unpaired) electrons. The highest BCUT2D eigenvalue weighted by Crippen LogP contribution is 2.50. The van der Waals surface area contributed by atoms with E-state index in [1.54, 1.807) is 18.2 Å². The van der Waals surface area contributed by atoms with E-state index >= 15 is 0 Å². The summed E-state index contributed by atoms with van der Waals surface area (Å²) in [7, 11) is 1.54. The lowest BCUT2D eigenvalue weighted by Gasteiger charge is -2.46. The summed E-state index contributed by atoms with van der Waals surface area (Å²) in [5.41, 5.74) is 2.04. The number of hydrogen-bond acceptors (Lipinski definition) is 8. The van der Waals surface area contributed by atoms with Crippen LogP contribution in [0.2, 0.25) is 5.02 Å². The first-order chi connectivity index (χ1) is 16.3. The molecule has 3 aliphatic rings. The van der Waals surface area contributed by atoms with Crippen molar-refractivity contribution >= 4 is 17.8 Å². The van der Waals surface area contributed by atoms with E-state index < -0.39 is 36.3 Å². The Hall–Kier alpha value is -2.04. The minimum absolute atomic E-state index is 0.171. The van der Waals surface area contributed by atoms with Gasteiger partial charge in [0.15, 0.2) is 0 Å². The van der Waals surface area contributed by atoms with Crippen LogP contribution < -0.4 is 0 Å². The number of aliphatic hydroxyl groups excluding tert-OH is 4. The first-order valence-electron chi connectivity index (χ1n) is 11.3. The van der Waals surface area contributed by atoms with E-state index in [-0.39, 0.29) is 6.61 Å². The van der Waals surface area contributed by atoms with Crippen molar-refractivity contribution in [3.8, 4) is 0 Å². The van der Waals surface area contributed by atoms with Crippen LogP contribution in [-0.2, 0) is 26.5 Å². The van der Waals surface area contributed by atoms with Gasteiger partial charge in [0, 0.05) is 22.7 Å². The Morgan fingerprint density at radius 1 is 1.15 bits per heavy atom. The molecule has 7 atom stereocenters. The highest BCUT2D eigenvalue weighted by atomic mass is 35.5. The van der Waals surface area contributed by atoms with Crippen LogP contribution in [0.3, 0.4) is 0 Å². The number of hydrogen-bond donors (Lipinski definition) is 4. The predicted molar refractivity (Wildman–Crippen MR) is 124 cm³/mol. The molecule has 0 amide bonds. The zero-order chi connectivity index (χ0) is 24.1. The maximum absolute atomic E-state index is 10.8. The van der Waals surface area contributed by atoms with Crippen LogP contribution in [0.25, 0.3) is 0 Å². The molecule has 2 aromatic rings. The molecule has 1 saturated carbocycles. The Balaban J connectivity index is 1.37. The van der Waals surface area contributed by atoms with E-state index in [1.807, 2.05) is 6.21 Å². The summed E-state index contributed by atoms with van der Waals surface area (Å²) in [4.78, 5) is 4.76. The van der Waals surface area contributed by atoms with Gasteiger partial charge in [0.25, 0.3) is 0 Å². The summed E-state index contributed by atoms with van der Waals surface area (Å²) in [6.45, 7) is -0.735. The molecule has 1 aliphatic carbocycles. The standard InChI is InChI=1S/C25H28ClNO7/c1-32-27-11-17-10-19(17)15-4-2-14(3-5-15)8-16-9-18(6-7-20(16)26)25-23(31)21(29)22(30)24(12-28,34-25)13-33-25/h2-7,9,11,17,19,21-23,28-31H,8,10,12-13H2,1H3/b27-11+/t17?,19?,21-,22+,23+,24-,25+/m0/s1. The van der Waals surface area contributed by atoms with E-state index in [0.29, 0.717) is 28.8 Å². The zero-order valence-electron chi connectivity index (χ0n) is 18.7. The van der Waals surface area contributed by atoms with Crippen molar-refractivity contribution in [2.75, 3.05) is 20.3 Å². The van der Waals surface area contributed by atoms with Crippen LogP contribution in [0, 0.1) is 5.92 Å². The molecule has 2 unspecified atom stereocenters. The van der Waals surface area contributed by atoms with Crippen LogP contribution in [0.1, 0.15) is 34.6 Å². The number of rotatable bonds is 7. The van der Waals surface area contributed by atoms with E-state index in [9.17, 15) is 20.4 Å². The summed E-state index contributed by atoms with van der Waals surface area (Å²) in [6, 6.07) is 13.5. The third kappa shape index (κ3) is 3.83. The molecule has 2 heterocycles. The summed E-state index contributed by atoms with van der Waals surface area (Å²) in [5.74, 6) is -0.851. The molecule has 2 saturated heterocycles. The zero-order valence-corrected chi connectivity index (χ0v) is 19.4. The number of nitrogens with zero attached hydrogens (tertiary/aromatic N) is 1. The minimum Gasteiger partial charge on any atom is -0.399 e. The Morgan fingerprint density at radius 3 is 2.62 bits per heavy atom. The van der Waals surface area contributed by atoms with Gasteiger partial charge < -0.3 is 34.7 Å². The van der Waals surface area contributed by atoms with Crippen molar-refractivity contribution in [2.45, 2.75) is 48.5 Å². The minimum atomic E-state index is -1.71. The number of oxime groups is 1. The summed E-state index contributed by atoms with van der Waals surface area (Å²) >= 11 is 6.49. The molecule has 4 N–H and O–H groups in total. The first kappa shape index (κ1) is 23.7. The summed E-state index contributed by atoms with van der Waals surface area (Å²) < 4.78 is 11.8. The van der Waals surface area contributed by atoms with Gasteiger partial charge in [-0.05, 0) is 47.6 Å². The quantitative estimate of drug-likeness (QED) is 0.345. The molecule has 0 spiro atoms.